The van der Waals surface area contributed by atoms with Crippen LogP contribution in [-0.4, -0.2) is 100 Å². The number of rotatable bonds is 19. The molecule has 2 aliphatic carbocycles. The highest BCUT2D eigenvalue weighted by molar-refractivity contribution is 7.92. The Labute approximate surface area is 377 Å². The molecular formula is C44H56Cl2F2N4O10S. The van der Waals surface area contributed by atoms with E-state index in [1.165, 1.54) is 40.7 Å². The molecule has 0 bridgehead atoms. The van der Waals surface area contributed by atoms with Gasteiger partial charge in [0.2, 0.25) is 10.0 Å². The number of anilines is 1. The van der Waals surface area contributed by atoms with E-state index in [0.717, 1.165) is 44.3 Å². The lowest BCUT2D eigenvalue weighted by Gasteiger charge is -2.44. The first-order chi connectivity index (χ1) is 29.6. The predicted molar refractivity (Wildman–Crippen MR) is 233 cm³/mol. The number of carbonyl (C=O) groups is 2. The molecule has 3 atom stereocenters. The Morgan fingerprint density at radius 1 is 0.921 bits per heavy atom. The number of hydrogen-bond donors (Lipinski definition) is 0. The van der Waals surface area contributed by atoms with Crippen LogP contribution in [0.15, 0.2) is 48.8 Å². The van der Waals surface area contributed by atoms with E-state index >= 15 is 0 Å². The van der Waals surface area contributed by atoms with Crippen molar-refractivity contribution in [3.8, 4) is 17.2 Å². The summed E-state index contributed by atoms with van der Waals surface area (Å²) in [6.45, 7) is 8.63. The Morgan fingerprint density at radius 2 is 1.56 bits per heavy atom. The summed E-state index contributed by atoms with van der Waals surface area (Å²) in [6.07, 6.45) is 5.94. The maximum Gasteiger partial charge on any atom is 0.410 e. The number of aromatic nitrogens is 1. The number of halogens is 4. The van der Waals surface area contributed by atoms with E-state index in [0.29, 0.717) is 43.0 Å². The Bertz CT molecular complexity index is 2200. The number of esters is 1. The van der Waals surface area contributed by atoms with E-state index in [1.54, 1.807) is 4.90 Å². The molecule has 0 unspecified atom stereocenters. The van der Waals surface area contributed by atoms with Gasteiger partial charge in [-0.25, -0.2) is 18.0 Å². The molecule has 19 heteroatoms. The van der Waals surface area contributed by atoms with Gasteiger partial charge >= 0.3 is 18.7 Å². The molecular weight excluding hydrogens is 885 g/mol. The lowest BCUT2D eigenvalue weighted by Crippen LogP contribution is -2.58. The number of amides is 1. The van der Waals surface area contributed by atoms with Crippen LogP contribution in [0, 0.1) is 17.0 Å². The second-order valence-electron chi connectivity index (χ2n) is 17.7. The van der Waals surface area contributed by atoms with Gasteiger partial charge in [-0.15, -0.1) is 0 Å². The average Bonchev–Trinajstić information content (AvgIpc) is 4.12. The van der Waals surface area contributed by atoms with Crippen LogP contribution in [0.2, 0.25) is 10.0 Å². The zero-order valence-electron chi connectivity index (χ0n) is 36.4. The van der Waals surface area contributed by atoms with Crippen LogP contribution in [-0.2, 0) is 25.9 Å². The van der Waals surface area contributed by atoms with Crippen molar-refractivity contribution in [2.75, 3.05) is 50.0 Å². The molecule has 0 N–H and O–H groups in total. The van der Waals surface area contributed by atoms with Crippen molar-refractivity contribution in [3.05, 3.63) is 80.7 Å². The summed E-state index contributed by atoms with van der Waals surface area (Å²) in [5, 5.41) is 12.1. The Balaban J connectivity index is 1.24. The van der Waals surface area contributed by atoms with Gasteiger partial charge in [-0.3, -0.25) is 9.21 Å². The summed E-state index contributed by atoms with van der Waals surface area (Å²) in [6, 6.07) is 8.49. The average molecular weight is 942 g/mol. The molecule has 14 nitrogen and oxygen atoms in total. The highest BCUT2D eigenvalue weighted by Crippen LogP contribution is 2.40. The third-order valence-corrected chi connectivity index (χ3v) is 12.8. The van der Waals surface area contributed by atoms with Gasteiger partial charge in [-0.1, -0.05) is 29.3 Å². The third-order valence-electron chi connectivity index (χ3n) is 11.0. The molecule has 3 aromatic rings. The van der Waals surface area contributed by atoms with Crippen LogP contribution in [0.25, 0.3) is 0 Å². The minimum Gasteiger partial charge on any atom is -0.619 e. The quantitative estimate of drug-likeness (QED) is 0.0647. The Hall–Kier alpha value is -4.32. The first-order valence-corrected chi connectivity index (χ1v) is 23.7. The fourth-order valence-corrected chi connectivity index (χ4v) is 8.85. The molecule has 1 saturated heterocycles. The minimum absolute atomic E-state index is 0.00490. The molecule has 63 heavy (non-hydrogen) atoms. The molecule has 6 rings (SSSR count). The van der Waals surface area contributed by atoms with E-state index in [2.05, 4.69) is 4.90 Å². The summed E-state index contributed by atoms with van der Waals surface area (Å²) in [4.78, 5) is 31.0. The van der Waals surface area contributed by atoms with Crippen molar-refractivity contribution in [2.45, 2.75) is 104 Å². The standard InChI is InChI=1S/C44H56Cl2F2N4O10S/c1-27-22-51(43(54)62-44(3,4)5)28(2)21-49(27)16-7-17-52(63(6,56)57)36-14-12-32(19-39(36)58-25-29-8-9-29)41(53)60-38(20-33-34(45)23-50(55)24-35(33)46)31-13-15-37(61-42(47)48)40(18-31)59-26-30-10-11-30/h12-15,18-19,23-24,27-30,38,42H,7-11,16-17,20-22,25-26H2,1-6H3/t27-,28+,38-/m0/s1. The molecule has 3 aliphatic rings. The van der Waals surface area contributed by atoms with Crippen LogP contribution in [0.5, 0.6) is 17.2 Å². The molecule has 0 radical (unpaired) electrons. The summed E-state index contributed by atoms with van der Waals surface area (Å²) >= 11 is 12.9. The van der Waals surface area contributed by atoms with Crippen molar-refractivity contribution in [2.24, 2.45) is 11.8 Å². The van der Waals surface area contributed by atoms with Gasteiger partial charge in [0.15, 0.2) is 23.9 Å². The van der Waals surface area contributed by atoms with Crippen LogP contribution >= 0.6 is 23.2 Å². The molecule has 346 valence electrons. The number of nitrogens with zero attached hydrogens (tertiary/aromatic N) is 4. The normalized spacial score (nSPS) is 18.8. The number of hydrogen-bond acceptors (Lipinski definition) is 11. The topological polar surface area (TPSA) is 151 Å². The third kappa shape index (κ3) is 13.6. The van der Waals surface area contributed by atoms with Crippen LogP contribution in [0.4, 0.5) is 19.3 Å². The van der Waals surface area contributed by atoms with Gasteiger partial charge in [0.25, 0.3) is 0 Å². The first-order valence-electron chi connectivity index (χ1n) is 21.1. The molecule has 1 aromatic heterocycles. The molecule has 1 amide bonds. The molecule has 0 spiro atoms. The van der Waals surface area contributed by atoms with Gasteiger partial charge in [0.1, 0.15) is 27.5 Å². The highest BCUT2D eigenvalue weighted by Gasteiger charge is 2.35. The van der Waals surface area contributed by atoms with Crippen molar-refractivity contribution < 1.29 is 55.2 Å². The number of alkyl halides is 2. The zero-order valence-corrected chi connectivity index (χ0v) is 38.7. The number of pyridine rings is 1. The number of benzene rings is 2. The zero-order chi connectivity index (χ0) is 45.8. The Morgan fingerprint density at radius 3 is 2.14 bits per heavy atom. The molecule has 1 aliphatic heterocycles. The second kappa shape index (κ2) is 20.2. The number of ether oxygens (including phenoxy) is 5. The van der Waals surface area contributed by atoms with Crippen molar-refractivity contribution >= 4 is 51.0 Å². The van der Waals surface area contributed by atoms with E-state index in [4.69, 9.17) is 46.9 Å². The Kier molecular flexibility index (Phi) is 15.5. The van der Waals surface area contributed by atoms with Crippen LogP contribution < -0.4 is 23.2 Å². The first kappa shape index (κ1) is 48.1. The number of sulfonamides is 1. The highest BCUT2D eigenvalue weighted by atomic mass is 35.5. The summed E-state index contributed by atoms with van der Waals surface area (Å²) in [5.74, 6) is -0.259. The monoisotopic (exact) mass is 940 g/mol. The largest absolute Gasteiger partial charge is 0.619 e. The molecule has 3 fully saturated rings. The van der Waals surface area contributed by atoms with Crippen molar-refractivity contribution in [3.63, 3.8) is 0 Å². The van der Waals surface area contributed by atoms with Crippen LogP contribution in [0.1, 0.15) is 94.3 Å². The van der Waals surface area contributed by atoms with Crippen molar-refractivity contribution in [1.82, 2.24) is 9.80 Å². The number of piperazine rings is 1. The molecule has 2 heterocycles. The smallest absolute Gasteiger partial charge is 0.410 e. The maximum atomic E-state index is 14.2. The fourth-order valence-electron chi connectivity index (χ4n) is 7.28. The van der Waals surface area contributed by atoms with Crippen molar-refractivity contribution in [1.29, 1.82) is 0 Å². The van der Waals surface area contributed by atoms with Gasteiger partial charge in [-0.2, -0.15) is 13.5 Å². The van der Waals surface area contributed by atoms with E-state index in [9.17, 15) is 32.0 Å². The predicted octanol–water partition coefficient (Wildman–Crippen LogP) is 8.43. The lowest BCUT2D eigenvalue weighted by atomic mass is 10.0. The van der Waals surface area contributed by atoms with Gasteiger partial charge in [0.05, 0.1) is 30.7 Å². The van der Waals surface area contributed by atoms with E-state index in [-0.39, 0.29) is 93.7 Å². The van der Waals surface area contributed by atoms with E-state index in [1.807, 2.05) is 34.6 Å². The van der Waals surface area contributed by atoms with Gasteiger partial charge < -0.3 is 33.8 Å². The fraction of sp³-hybridized carbons (Fsp3) is 0.568. The maximum absolute atomic E-state index is 14.2. The molecule has 2 aromatic carbocycles. The van der Waals surface area contributed by atoms with Gasteiger partial charge in [-0.05, 0) is 114 Å². The van der Waals surface area contributed by atoms with Gasteiger partial charge in [0, 0.05) is 50.2 Å². The summed E-state index contributed by atoms with van der Waals surface area (Å²) in [7, 11) is -3.85. The van der Waals surface area contributed by atoms with E-state index < -0.39 is 34.3 Å². The lowest BCUT2D eigenvalue weighted by molar-refractivity contribution is -0.605. The number of carbonyl (C=O) groups excluding carboxylic acids is 2. The minimum atomic E-state index is -3.85. The SMILES string of the molecule is C[C@@H]1CN(CCCN(c2ccc(C(=O)O[C@@H](Cc3c(Cl)c[n+]([O-])cc3Cl)c3ccc(OC(F)F)c(OCC4CC4)c3)cc2OCC2CC2)S(C)(=O)=O)[C@@H](C)CN1C(=O)OC(C)(C)C. The molecule has 2 saturated carbocycles. The second-order valence-corrected chi connectivity index (χ2v) is 20.4. The van der Waals surface area contributed by atoms with Crippen LogP contribution in [0.3, 0.4) is 0 Å². The summed E-state index contributed by atoms with van der Waals surface area (Å²) < 4.78 is 84.0. The summed E-state index contributed by atoms with van der Waals surface area (Å²) in [5.41, 5.74) is 0.297.